The maximum absolute atomic E-state index is 8.89. The first-order valence-electron chi connectivity index (χ1n) is 7.85. The number of carbonyl (C=O) groups is 1. The quantitative estimate of drug-likeness (QED) is 0.803. The van der Waals surface area contributed by atoms with Gasteiger partial charge in [0.25, 0.3) is 0 Å². The summed E-state index contributed by atoms with van der Waals surface area (Å²) in [5.41, 5.74) is 3.93. The third-order valence-corrected chi connectivity index (χ3v) is 3.47. The van der Waals surface area contributed by atoms with Crippen molar-refractivity contribution in [2.45, 2.75) is 13.5 Å². The third kappa shape index (κ3) is 5.71. The van der Waals surface area contributed by atoms with Crippen LogP contribution in [0, 0.1) is 0 Å². The lowest BCUT2D eigenvalue weighted by Crippen LogP contribution is -3.00. The highest BCUT2D eigenvalue weighted by Gasteiger charge is 2.15. The molecule has 3 nitrogen and oxygen atoms in total. The minimum atomic E-state index is -1.08. The van der Waals surface area contributed by atoms with Gasteiger partial charge in [-0.2, -0.15) is 0 Å². The lowest BCUT2D eigenvalue weighted by Gasteiger charge is -2.18. The highest BCUT2D eigenvalue weighted by molar-refractivity contribution is 5.60. The monoisotopic (exact) mass is 319 g/mol. The minimum absolute atomic E-state index is 0.953. The van der Waals surface area contributed by atoms with Crippen molar-refractivity contribution in [1.82, 2.24) is 0 Å². The number of benzene rings is 3. The average Bonchev–Trinajstić information content (AvgIpc) is 2.62. The summed E-state index contributed by atoms with van der Waals surface area (Å²) in [5.74, 6) is -1.08. The van der Waals surface area contributed by atoms with E-state index in [9.17, 15) is 0 Å². The van der Waals surface area contributed by atoms with Gasteiger partial charge in [0.2, 0.25) is 0 Å². The molecule has 24 heavy (non-hydrogen) atoms. The van der Waals surface area contributed by atoms with Crippen LogP contribution < -0.4 is 10.0 Å². The molecule has 0 amide bonds. The van der Waals surface area contributed by atoms with E-state index in [2.05, 4.69) is 91.0 Å². The molecule has 3 heteroatoms. The molecule has 0 saturated carbocycles. The average molecular weight is 319 g/mol. The molecule has 1 N–H and O–H groups in total. The number of quaternary nitrogens is 1. The van der Waals surface area contributed by atoms with Crippen LogP contribution in [0.25, 0.3) is 0 Å². The number of hydrogen-bond acceptors (Lipinski definition) is 2. The minimum Gasteiger partial charge on any atom is -0.550 e. The first kappa shape index (κ1) is 17.4. The summed E-state index contributed by atoms with van der Waals surface area (Å²) in [4.78, 5) is 10.3. The van der Waals surface area contributed by atoms with Crippen LogP contribution in [0.2, 0.25) is 0 Å². The van der Waals surface area contributed by atoms with E-state index in [4.69, 9.17) is 9.90 Å². The number of carboxylic acids is 1. The summed E-state index contributed by atoms with van der Waals surface area (Å²) < 4.78 is 0. The smallest absolute Gasteiger partial charge is 0.136 e. The van der Waals surface area contributed by atoms with Gasteiger partial charge in [-0.25, -0.2) is 0 Å². The number of para-hydroxylation sites is 2. The molecule has 0 atom stereocenters. The summed E-state index contributed by atoms with van der Waals surface area (Å²) in [6.07, 6.45) is 0. The van der Waals surface area contributed by atoms with Crippen LogP contribution in [-0.2, 0) is 11.3 Å². The number of rotatable bonds is 4. The van der Waals surface area contributed by atoms with Crippen molar-refractivity contribution >= 4 is 17.3 Å². The van der Waals surface area contributed by atoms with Crippen molar-refractivity contribution in [3.63, 3.8) is 0 Å². The summed E-state index contributed by atoms with van der Waals surface area (Å²) in [6.45, 7) is 1.93. The van der Waals surface area contributed by atoms with Crippen molar-refractivity contribution < 1.29 is 14.8 Å². The molecule has 0 aliphatic carbocycles. The Morgan fingerprint density at radius 3 is 1.46 bits per heavy atom. The molecule has 122 valence electrons. The normalized spacial score (nSPS) is 9.92. The van der Waals surface area contributed by atoms with Gasteiger partial charge >= 0.3 is 0 Å². The molecular weight excluding hydrogens is 298 g/mol. The Kier molecular flexibility index (Phi) is 6.74. The summed E-state index contributed by atoms with van der Waals surface area (Å²) in [5, 5.41) is 8.89. The highest BCUT2D eigenvalue weighted by atomic mass is 16.4. The van der Waals surface area contributed by atoms with Crippen LogP contribution in [0.4, 0.5) is 11.4 Å². The molecule has 0 unspecified atom stereocenters. The SMILES string of the molecule is CC(=O)[O-].c1ccc(C[NH+](c2ccccc2)c2ccccc2)cc1. The number of carbonyl (C=O) groups excluding carboxylic acids is 1. The maximum atomic E-state index is 8.89. The molecule has 0 spiro atoms. The van der Waals surface area contributed by atoms with Gasteiger partial charge in [-0.15, -0.1) is 0 Å². The summed E-state index contributed by atoms with van der Waals surface area (Å²) in [6, 6.07) is 31.9. The van der Waals surface area contributed by atoms with Crippen molar-refractivity contribution in [3.05, 3.63) is 96.6 Å². The third-order valence-electron chi connectivity index (χ3n) is 3.47. The fraction of sp³-hybridized carbons (Fsp3) is 0.0952. The van der Waals surface area contributed by atoms with Gasteiger partial charge in [-0.3, -0.25) is 4.90 Å². The molecular formula is C21H21NO2. The largest absolute Gasteiger partial charge is 0.550 e. The fourth-order valence-electron chi connectivity index (χ4n) is 2.45. The number of carboxylic acid groups (broad SMARTS) is 1. The molecule has 0 heterocycles. The summed E-state index contributed by atoms with van der Waals surface area (Å²) >= 11 is 0. The van der Waals surface area contributed by atoms with Crippen molar-refractivity contribution in [3.8, 4) is 0 Å². The van der Waals surface area contributed by atoms with E-state index in [1.54, 1.807) is 0 Å². The van der Waals surface area contributed by atoms with Gasteiger partial charge in [0.05, 0.1) is 0 Å². The first-order valence-corrected chi connectivity index (χ1v) is 7.85. The maximum Gasteiger partial charge on any atom is 0.136 e. The molecule has 3 aromatic rings. The molecule has 0 aromatic heterocycles. The second-order valence-corrected chi connectivity index (χ2v) is 5.36. The molecule has 0 saturated heterocycles. The Hall–Kier alpha value is -2.91. The molecule has 0 radical (unpaired) electrons. The predicted octanol–water partition coefficient (Wildman–Crippen LogP) is 2.49. The highest BCUT2D eigenvalue weighted by Crippen LogP contribution is 2.09. The second-order valence-electron chi connectivity index (χ2n) is 5.36. The van der Waals surface area contributed by atoms with Crippen LogP contribution in [0.3, 0.4) is 0 Å². The van der Waals surface area contributed by atoms with Crippen molar-refractivity contribution in [2.24, 2.45) is 0 Å². The molecule has 0 bridgehead atoms. The number of nitrogens with one attached hydrogen (secondary N) is 1. The van der Waals surface area contributed by atoms with E-state index < -0.39 is 5.97 Å². The van der Waals surface area contributed by atoms with Gasteiger partial charge < -0.3 is 9.90 Å². The van der Waals surface area contributed by atoms with E-state index in [-0.39, 0.29) is 0 Å². The number of aliphatic carboxylic acids is 1. The topological polar surface area (TPSA) is 44.6 Å². The molecule has 3 rings (SSSR count). The van der Waals surface area contributed by atoms with Crippen LogP contribution >= 0.6 is 0 Å². The molecule has 0 fully saturated rings. The van der Waals surface area contributed by atoms with Crippen LogP contribution in [-0.4, -0.2) is 5.97 Å². The fourth-order valence-corrected chi connectivity index (χ4v) is 2.45. The summed E-state index contributed by atoms with van der Waals surface area (Å²) in [7, 11) is 0. The number of hydrogen-bond donors (Lipinski definition) is 1. The lowest BCUT2D eigenvalue weighted by molar-refractivity contribution is -0.776. The lowest BCUT2D eigenvalue weighted by atomic mass is 10.1. The molecule has 3 aromatic carbocycles. The van der Waals surface area contributed by atoms with Crippen molar-refractivity contribution in [2.75, 3.05) is 0 Å². The van der Waals surface area contributed by atoms with E-state index in [0.717, 1.165) is 13.5 Å². The van der Waals surface area contributed by atoms with E-state index in [0.29, 0.717) is 0 Å². The zero-order valence-electron chi connectivity index (χ0n) is 13.7. The Bertz CT molecular complexity index is 684. The Morgan fingerprint density at radius 1 is 0.750 bits per heavy atom. The second kappa shape index (κ2) is 9.28. The van der Waals surface area contributed by atoms with Crippen molar-refractivity contribution in [1.29, 1.82) is 0 Å². The van der Waals surface area contributed by atoms with Gasteiger partial charge in [-0.05, 0) is 31.2 Å². The Balaban J connectivity index is 0.000000471. The van der Waals surface area contributed by atoms with Crippen LogP contribution in [0.1, 0.15) is 12.5 Å². The Morgan fingerprint density at radius 2 is 1.08 bits per heavy atom. The molecule has 0 aliphatic rings. The Labute approximate surface area is 142 Å². The molecule has 0 aliphatic heterocycles. The van der Waals surface area contributed by atoms with E-state index in [1.165, 1.54) is 21.8 Å². The van der Waals surface area contributed by atoms with Gasteiger partial charge in [0.1, 0.15) is 17.9 Å². The standard InChI is InChI=1S/C19H17N.C2H4O2/c1-4-10-17(11-5-1)16-20(18-12-6-2-7-13-18)19-14-8-3-9-15-19;1-2(3)4/h1-15H,16H2;1H3,(H,3,4). The van der Waals surface area contributed by atoms with Gasteiger partial charge in [-0.1, -0.05) is 66.7 Å². The van der Waals surface area contributed by atoms with Crippen LogP contribution in [0.15, 0.2) is 91.0 Å². The van der Waals surface area contributed by atoms with Crippen LogP contribution in [0.5, 0.6) is 0 Å². The van der Waals surface area contributed by atoms with Gasteiger partial charge in [0, 0.05) is 11.5 Å². The van der Waals surface area contributed by atoms with E-state index >= 15 is 0 Å². The van der Waals surface area contributed by atoms with Gasteiger partial charge in [0.15, 0.2) is 0 Å². The first-order chi connectivity index (χ1) is 11.7. The van der Waals surface area contributed by atoms with E-state index in [1.807, 2.05) is 0 Å². The predicted molar refractivity (Wildman–Crippen MR) is 94.0 cm³/mol. The zero-order valence-corrected chi connectivity index (χ0v) is 13.7. The zero-order chi connectivity index (χ0) is 17.2.